The summed E-state index contributed by atoms with van der Waals surface area (Å²) in [7, 11) is 0. The number of ether oxygens (including phenoxy) is 1. The molecule has 1 fully saturated rings. The molecule has 0 saturated carbocycles. The summed E-state index contributed by atoms with van der Waals surface area (Å²) in [5, 5.41) is 9.02. The summed E-state index contributed by atoms with van der Waals surface area (Å²) in [4.78, 5) is 13.3. The molecule has 0 aliphatic carbocycles. The van der Waals surface area contributed by atoms with Gasteiger partial charge in [0.2, 0.25) is 0 Å². The van der Waals surface area contributed by atoms with Crippen LogP contribution in [0, 0.1) is 23.5 Å². The van der Waals surface area contributed by atoms with Gasteiger partial charge in [0, 0.05) is 31.7 Å². The van der Waals surface area contributed by atoms with Gasteiger partial charge < -0.3 is 14.7 Å². The third kappa shape index (κ3) is 6.09. The van der Waals surface area contributed by atoms with Gasteiger partial charge >= 0.3 is 5.97 Å². The smallest absolute Gasteiger partial charge is 0.303 e. The van der Waals surface area contributed by atoms with E-state index >= 15 is 0 Å². The number of hydrogen-bond acceptors (Lipinski definition) is 3. The molecule has 3 atom stereocenters. The minimum atomic E-state index is -0.728. The minimum Gasteiger partial charge on any atom is -0.481 e. The molecule has 1 aliphatic heterocycles. The number of piperidine rings is 1. The fourth-order valence-corrected chi connectivity index (χ4v) is 4.19. The second kappa shape index (κ2) is 10.6. The zero-order valence-corrected chi connectivity index (χ0v) is 17.3. The van der Waals surface area contributed by atoms with Gasteiger partial charge in [-0.2, -0.15) is 0 Å². The van der Waals surface area contributed by atoms with E-state index in [1.54, 1.807) is 30.3 Å². The molecule has 0 amide bonds. The van der Waals surface area contributed by atoms with Crippen molar-refractivity contribution in [2.75, 3.05) is 26.2 Å². The monoisotopic (exact) mass is 417 g/mol. The topological polar surface area (TPSA) is 49.8 Å². The highest BCUT2D eigenvalue weighted by molar-refractivity contribution is 5.67. The fraction of sp³-hybridized carbons (Fsp3) is 0.458. The summed E-state index contributed by atoms with van der Waals surface area (Å²) < 4.78 is 33.8. The van der Waals surface area contributed by atoms with Crippen molar-refractivity contribution in [3.05, 3.63) is 71.3 Å². The van der Waals surface area contributed by atoms with Crippen LogP contribution in [0.1, 0.15) is 43.4 Å². The van der Waals surface area contributed by atoms with Gasteiger partial charge in [-0.1, -0.05) is 37.3 Å². The summed E-state index contributed by atoms with van der Waals surface area (Å²) >= 11 is 0. The first-order valence-corrected chi connectivity index (χ1v) is 10.5. The van der Waals surface area contributed by atoms with Gasteiger partial charge in [0.25, 0.3) is 0 Å². The molecule has 0 aromatic heterocycles. The van der Waals surface area contributed by atoms with Crippen LogP contribution in [0.5, 0.6) is 0 Å². The van der Waals surface area contributed by atoms with Gasteiger partial charge in [-0.3, -0.25) is 4.79 Å². The van der Waals surface area contributed by atoms with Crippen molar-refractivity contribution in [1.82, 2.24) is 4.90 Å². The van der Waals surface area contributed by atoms with Gasteiger partial charge in [0.05, 0.1) is 0 Å². The molecule has 4 nitrogen and oxygen atoms in total. The Bertz CT molecular complexity index is 827. The van der Waals surface area contributed by atoms with E-state index in [0.717, 1.165) is 32.5 Å². The highest BCUT2D eigenvalue weighted by Crippen LogP contribution is 2.29. The molecule has 1 N–H and O–H groups in total. The summed E-state index contributed by atoms with van der Waals surface area (Å²) in [5.41, 5.74) is 1.15. The Hall–Kier alpha value is -2.31. The van der Waals surface area contributed by atoms with E-state index in [2.05, 4.69) is 11.8 Å². The first kappa shape index (κ1) is 22.4. The van der Waals surface area contributed by atoms with Crippen LogP contribution in [-0.2, 0) is 9.53 Å². The number of rotatable bonds is 9. The molecule has 2 aromatic rings. The zero-order valence-electron chi connectivity index (χ0n) is 17.3. The number of aliphatic carboxylic acids is 1. The van der Waals surface area contributed by atoms with Crippen LogP contribution in [0.2, 0.25) is 0 Å². The second-order valence-corrected chi connectivity index (χ2v) is 8.10. The molecule has 0 radical (unpaired) electrons. The van der Waals surface area contributed by atoms with Crippen LogP contribution < -0.4 is 0 Å². The number of likely N-dealkylation sites (tertiary alicyclic amines) is 1. The van der Waals surface area contributed by atoms with Gasteiger partial charge in [-0.25, -0.2) is 8.78 Å². The Morgan fingerprint density at radius 3 is 2.60 bits per heavy atom. The van der Waals surface area contributed by atoms with Gasteiger partial charge in [-0.05, 0) is 55.0 Å². The quantitative estimate of drug-likeness (QED) is 0.590. The Kier molecular flexibility index (Phi) is 7.94. The van der Waals surface area contributed by atoms with E-state index in [0.29, 0.717) is 23.7 Å². The first-order valence-electron chi connectivity index (χ1n) is 10.5. The molecule has 1 aliphatic rings. The third-order valence-corrected chi connectivity index (χ3v) is 5.87. The molecule has 6 heteroatoms. The summed E-state index contributed by atoms with van der Waals surface area (Å²) in [6.07, 6.45) is 1.32. The Morgan fingerprint density at radius 1 is 1.20 bits per heavy atom. The predicted molar refractivity (Wildman–Crippen MR) is 111 cm³/mol. The van der Waals surface area contributed by atoms with Crippen molar-refractivity contribution >= 4 is 5.97 Å². The van der Waals surface area contributed by atoms with E-state index in [4.69, 9.17) is 9.84 Å². The Labute approximate surface area is 176 Å². The average Bonchev–Trinajstić information content (AvgIpc) is 2.71. The van der Waals surface area contributed by atoms with E-state index in [9.17, 15) is 13.6 Å². The van der Waals surface area contributed by atoms with E-state index in [1.807, 2.05) is 0 Å². The average molecular weight is 417 g/mol. The van der Waals surface area contributed by atoms with Crippen molar-refractivity contribution in [1.29, 1.82) is 0 Å². The van der Waals surface area contributed by atoms with E-state index in [1.165, 1.54) is 18.2 Å². The SMILES string of the molecule is CC1CN(CCCOC(c2ccc(F)cc2)c2ccccc2F)CCC1CC(=O)O. The second-order valence-electron chi connectivity index (χ2n) is 8.10. The minimum absolute atomic E-state index is 0.235. The molecule has 0 spiro atoms. The largest absolute Gasteiger partial charge is 0.481 e. The number of benzene rings is 2. The zero-order chi connectivity index (χ0) is 21.5. The number of carboxylic acids is 1. The summed E-state index contributed by atoms with van der Waals surface area (Å²) in [6, 6.07) is 12.5. The van der Waals surface area contributed by atoms with Gasteiger partial charge in [0.15, 0.2) is 0 Å². The molecule has 30 heavy (non-hydrogen) atoms. The lowest BCUT2D eigenvalue weighted by Crippen LogP contribution is -2.40. The number of halogens is 2. The van der Waals surface area contributed by atoms with Crippen LogP contribution in [-0.4, -0.2) is 42.2 Å². The number of carboxylic acid groups (broad SMARTS) is 1. The molecule has 1 heterocycles. The van der Waals surface area contributed by atoms with Crippen LogP contribution in [0.3, 0.4) is 0 Å². The highest BCUT2D eigenvalue weighted by atomic mass is 19.1. The maximum absolute atomic E-state index is 14.4. The normalized spacial score (nSPS) is 20.8. The molecule has 162 valence electrons. The third-order valence-electron chi connectivity index (χ3n) is 5.87. The Balaban J connectivity index is 1.55. The number of hydrogen-bond donors (Lipinski definition) is 1. The van der Waals surface area contributed by atoms with Crippen molar-refractivity contribution < 1.29 is 23.4 Å². The van der Waals surface area contributed by atoms with E-state index in [-0.39, 0.29) is 24.0 Å². The summed E-state index contributed by atoms with van der Waals surface area (Å²) in [6.45, 7) is 5.17. The van der Waals surface area contributed by atoms with Crippen molar-refractivity contribution in [3.8, 4) is 0 Å². The predicted octanol–water partition coefficient (Wildman–Crippen LogP) is 4.89. The maximum Gasteiger partial charge on any atom is 0.303 e. The highest BCUT2D eigenvalue weighted by Gasteiger charge is 2.27. The maximum atomic E-state index is 14.4. The molecular formula is C24H29F2NO3. The van der Waals surface area contributed by atoms with Crippen LogP contribution in [0.4, 0.5) is 8.78 Å². The number of carbonyl (C=O) groups is 1. The van der Waals surface area contributed by atoms with E-state index < -0.39 is 12.1 Å². The fourth-order valence-electron chi connectivity index (χ4n) is 4.19. The first-order chi connectivity index (χ1) is 14.4. The van der Waals surface area contributed by atoms with Crippen molar-refractivity contribution in [2.45, 2.75) is 32.3 Å². The lowest BCUT2D eigenvalue weighted by molar-refractivity contribution is -0.139. The molecular weight excluding hydrogens is 388 g/mol. The summed E-state index contributed by atoms with van der Waals surface area (Å²) in [5.74, 6) is -0.832. The Morgan fingerprint density at radius 2 is 1.93 bits per heavy atom. The lowest BCUT2D eigenvalue weighted by atomic mass is 9.84. The van der Waals surface area contributed by atoms with Gasteiger partial charge in [-0.15, -0.1) is 0 Å². The van der Waals surface area contributed by atoms with Gasteiger partial charge in [0.1, 0.15) is 17.7 Å². The molecule has 1 saturated heterocycles. The lowest BCUT2D eigenvalue weighted by Gasteiger charge is -2.36. The molecule has 3 rings (SSSR count). The molecule has 3 unspecified atom stereocenters. The van der Waals surface area contributed by atoms with Crippen LogP contribution >= 0.6 is 0 Å². The molecule has 0 bridgehead atoms. The van der Waals surface area contributed by atoms with Crippen molar-refractivity contribution in [3.63, 3.8) is 0 Å². The molecule has 2 aromatic carbocycles. The van der Waals surface area contributed by atoms with Crippen LogP contribution in [0.15, 0.2) is 48.5 Å². The number of nitrogens with zero attached hydrogens (tertiary/aromatic N) is 1. The van der Waals surface area contributed by atoms with Crippen molar-refractivity contribution in [2.24, 2.45) is 11.8 Å². The standard InChI is InChI=1S/C24H29F2NO3/c1-17-16-27(13-11-19(17)15-23(28)29)12-4-14-30-24(18-7-9-20(25)10-8-18)21-5-2-3-6-22(21)26/h2-3,5-10,17,19,24H,4,11-16H2,1H3,(H,28,29). The van der Waals surface area contributed by atoms with Crippen LogP contribution in [0.25, 0.3) is 0 Å².